The first-order valence-corrected chi connectivity index (χ1v) is 7.64. The number of aromatic hydroxyl groups is 2. The number of phenolic OH excluding ortho intramolecular Hbond substituents is 2. The lowest BCUT2D eigenvalue weighted by Gasteiger charge is -2.11. The Hall–Kier alpha value is -2.17. The van der Waals surface area contributed by atoms with E-state index in [2.05, 4.69) is 4.98 Å². The molecule has 1 heterocycles. The van der Waals surface area contributed by atoms with E-state index in [-0.39, 0.29) is 17.1 Å². The average molecular weight is 350 g/mol. The van der Waals surface area contributed by atoms with Gasteiger partial charge in [-0.3, -0.25) is 4.79 Å². The molecular formula is C17H13Cl2NO3. The standard InChI is InChI=1S/C17H13Cl2NO3/c1-8-11(4-9-2-3-12(18)13(19)5-9)17(23)20-14-6-10(21)7-15(22)16(8)14/h2-3,5-7,21-22H,4H2,1H3,(H,20,23). The fourth-order valence-electron chi connectivity index (χ4n) is 2.69. The highest BCUT2D eigenvalue weighted by Crippen LogP contribution is 2.32. The van der Waals surface area contributed by atoms with Crippen molar-refractivity contribution in [1.29, 1.82) is 0 Å². The number of hydrogen-bond donors (Lipinski definition) is 3. The number of pyridine rings is 1. The van der Waals surface area contributed by atoms with Crippen LogP contribution in [-0.4, -0.2) is 15.2 Å². The van der Waals surface area contributed by atoms with E-state index in [0.29, 0.717) is 38.5 Å². The van der Waals surface area contributed by atoms with Crippen LogP contribution in [0.15, 0.2) is 35.1 Å². The van der Waals surface area contributed by atoms with E-state index in [1.165, 1.54) is 12.1 Å². The Morgan fingerprint density at radius 1 is 1.09 bits per heavy atom. The van der Waals surface area contributed by atoms with Gasteiger partial charge >= 0.3 is 0 Å². The zero-order valence-corrected chi connectivity index (χ0v) is 13.7. The maximum absolute atomic E-state index is 12.4. The summed E-state index contributed by atoms with van der Waals surface area (Å²) in [6, 6.07) is 7.85. The topological polar surface area (TPSA) is 73.3 Å². The molecule has 3 rings (SSSR count). The number of nitrogens with one attached hydrogen (secondary N) is 1. The largest absolute Gasteiger partial charge is 0.508 e. The second kappa shape index (κ2) is 5.80. The molecule has 4 nitrogen and oxygen atoms in total. The highest BCUT2D eigenvalue weighted by atomic mass is 35.5. The Bertz CT molecular complexity index is 980. The molecule has 23 heavy (non-hydrogen) atoms. The zero-order valence-electron chi connectivity index (χ0n) is 12.2. The molecule has 6 heteroatoms. The molecule has 0 aliphatic rings. The number of fused-ring (bicyclic) bond motifs is 1. The van der Waals surface area contributed by atoms with Crippen molar-refractivity contribution in [2.45, 2.75) is 13.3 Å². The maximum Gasteiger partial charge on any atom is 0.252 e. The predicted molar refractivity (Wildman–Crippen MR) is 91.9 cm³/mol. The number of aromatic amines is 1. The Labute approximate surface area is 141 Å². The van der Waals surface area contributed by atoms with E-state index in [1.54, 1.807) is 25.1 Å². The third kappa shape index (κ3) is 2.87. The molecule has 2 aromatic carbocycles. The lowest BCUT2D eigenvalue weighted by Crippen LogP contribution is -2.15. The summed E-state index contributed by atoms with van der Waals surface area (Å²) in [5, 5.41) is 21.0. The molecule has 0 aliphatic heterocycles. The molecular weight excluding hydrogens is 337 g/mol. The summed E-state index contributed by atoms with van der Waals surface area (Å²) in [7, 11) is 0. The monoisotopic (exact) mass is 349 g/mol. The van der Waals surface area contributed by atoms with E-state index in [9.17, 15) is 15.0 Å². The first-order chi connectivity index (χ1) is 10.9. The number of benzene rings is 2. The molecule has 0 bridgehead atoms. The van der Waals surface area contributed by atoms with Gasteiger partial charge in [0.15, 0.2) is 0 Å². The number of rotatable bonds is 2. The molecule has 0 aliphatic carbocycles. The number of hydrogen-bond acceptors (Lipinski definition) is 3. The molecule has 0 unspecified atom stereocenters. The SMILES string of the molecule is Cc1c(Cc2ccc(Cl)c(Cl)c2)c(=O)[nH]c2cc(O)cc(O)c12. The molecule has 0 saturated carbocycles. The van der Waals surface area contributed by atoms with Crippen LogP contribution in [0.2, 0.25) is 10.0 Å². The first kappa shape index (κ1) is 15.7. The van der Waals surface area contributed by atoms with Crippen molar-refractivity contribution in [1.82, 2.24) is 4.98 Å². The normalized spacial score (nSPS) is 11.1. The van der Waals surface area contributed by atoms with Gasteiger partial charge in [0, 0.05) is 29.5 Å². The van der Waals surface area contributed by atoms with Gasteiger partial charge in [-0.15, -0.1) is 0 Å². The smallest absolute Gasteiger partial charge is 0.252 e. The summed E-state index contributed by atoms with van der Waals surface area (Å²) in [6.07, 6.45) is 0.355. The summed E-state index contributed by atoms with van der Waals surface area (Å²) in [6.45, 7) is 1.77. The van der Waals surface area contributed by atoms with Crippen molar-refractivity contribution in [2.24, 2.45) is 0 Å². The molecule has 3 N–H and O–H groups in total. The number of halogens is 2. The van der Waals surface area contributed by atoms with E-state index in [4.69, 9.17) is 23.2 Å². The Balaban J connectivity index is 2.18. The first-order valence-electron chi connectivity index (χ1n) is 6.88. The Morgan fingerprint density at radius 2 is 1.83 bits per heavy atom. The van der Waals surface area contributed by atoms with Gasteiger partial charge in [-0.25, -0.2) is 0 Å². The summed E-state index contributed by atoms with van der Waals surface area (Å²) in [5.41, 5.74) is 2.14. The van der Waals surface area contributed by atoms with Gasteiger partial charge < -0.3 is 15.2 Å². The highest BCUT2D eigenvalue weighted by Gasteiger charge is 2.14. The number of aromatic nitrogens is 1. The van der Waals surface area contributed by atoms with Crippen molar-refractivity contribution < 1.29 is 10.2 Å². The van der Waals surface area contributed by atoms with Gasteiger partial charge in [-0.1, -0.05) is 29.3 Å². The summed E-state index contributed by atoms with van der Waals surface area (Å²) < 4.78 is 0. The van der Waals surface area contributed by atoms with Crippen LogP contribution in [0.4, 0.5) is 0 Å². The minimum atomic E-state index is -0.272. The van der Waals surface area contributed by atoms with Crippen molar-refractivity contribution >= 4 is 34.1 Å². The van der Waals surface area contributed by atoms with Crippen molar-refractivity contribution in [2.75, 3.05) is 0 Å². The lowest BCUT2D eigenvalue weighted by molar-refractivity contribution is 0.455. The Kier molecular flexibility index (Phi) is 3.96. The van der Waals surface area contributed by atoms with E-state index >= 15 is 0 Å². The summed E-state index contributed by atoms with van der Waals surface area (Å²) >= 11 is 11.9. The van der Waals surface area contributed by atoms with Crippen LogP contribution in [0.1, 0.15) is 16.7 Å². The molecule has 0 atom stereocenters. The maximum atomic E-state index is 12.4. The third-order valence-electron chi connectivity index (χ3n) is 3.82. The zero-order chi connectivity index (χ0) is 16.7. The van der Waals surface area contributed by atoms with Crippen molar-refractivity contribution in [3.05, 3.63) is 67.4 Å². The van der Waals surface area contributed by atoms with Crippen LogP contribution in [0.3, 0.4) is 0 Å². The van der Waals surface area contributed by atoms with Crippen LogP contribution in [0.25, 0.3) is 10.9 Å². The van der Waals surface area contributed by atoms with Gasteiger partial charge in [-0.05, 0) is 30.2 Å². The summed E-state index contributed by atoms with van der Waals surface area (Å²) in [4.78, 5) is 15.0. The second-order valence-electron chi connectivity index (χ2n) is 5.37. The van der Waals surface area contributed by atoms with Crippen molar-refractivity contribution in [3.63, 3.8) is 0 Å². The molecule has 0 radical (unpaired) electrons. The minimum absolute atomic E-state index is 0.0795. The van der Waals surface area contributed by atoms with Crippen LogP contribution in [-0.2, 0) is 6.42 Å². The van der Waals surface area contributed by atoms with Crippen LogP contribution in [0, 0.1) is 6.92 Å². The van der Waals surface area contributed by atoms with Crippen LogP contribution in [0.5, 0.6) is 11.5 Å². The highest BCUT2D eigenvalue weighted by molar-refractivity contribution is 6.42. The van der Waals surface area contributed by atoms with E-state index in [0.717, 1.165) is 5.56 Å². The van der Waals surface area contributed by atoms with Crippen LogP contribution >= 0.6 is 23.2 Å². The van der Waals surface area contributed by atoms with Gasteiger partial charge in [0.05, 0.1) is 15.6 Å². The van der Waals surface area contributed by atoms with E-state index < -0.39 is 0 Å². The average Bonchev–Trinajstić information content (AvgIpc) is 2.46. The Morgan fingerprint density at radius 3 is 2.52 bits per heavy atom. The van der Waals surface area contributed by atoms with Gasteiger partial charge in [-0.2, -0.15) is 0 Å². The predicted octanol–water partition coefficient (Wildman–Crippen LogP) is 4.15. The molecule has 0 amide bonds. The molecule has 1 aromatic heterocycles. The van der Waals surface area contributed by atoms with Gasteiger partial charge in [0.2, 0.25) is 0 Å². The molecule has 0 fully saturated rings. The summed E-state index contributed by atoms with van der Waals surface area (Å²) in [5.74, 6) is -0.188. The molecule has 3 aromatic rings. The molecule has 0 saturated heterocycles. The minimum Gasteiger partial charge on any atom is -0.508 e. The van der Waals surface area contributed by atoms with E-state index in [1.807, 2.05) is 0 Å². The number of aryl methyl sites for hydroxylation is 1. The quantitative estimate of drug-likeness (QED) is 0.650. The second-order valence-corrected chi connectivity index (χ2v) is 6.18. The number of H-pyrrole nitrogens is 1. The fourth-order valence-corrected chi connectivity index (χ4v) is 3.01. The van der Waals surface area contributed by atoms with Crippen LogP contribution < -0.4 is 5.56 Å². The van der Waals surface area contributed by atoms with Crippen molar-refractivity contribution in [3.8, 4) is 11.5 Å². The van der Waals surface area contributed by atoms with Gasteiger partial charge in [0.1, 0.15) is 11.5 Å². The molecule has 0 spiro atoms. The lowest BCUT2D eigenvalue weighted by atomic mass is 9.98. The molecule has 118 valence electrons. The number of phenols is 2. The third-order valence-corrected chi connectivity index (χ3v) is 4.56. The fraction of sp³-hybridized carbons (Fsp3) is 0.118. The van der Waals surface area contributed by atoms with Gasteiger partial charge in [0.25, 0.3) is 5.56 Å².